The standard InChI is InChI=1S/C16H25NO/c1-10(2)6-13-8-17-9-14-12(4)11(3)7-15(18-5)16(13)14/h7,10,13,17H,6,8-9H2,1-5H3. The van der Waals surface area contributed by atoms with Gasteiger partial charge in [-0.3, -0.25) is 0 Å². The number of benzene rings is 1. The number of rotatable bonds is 3. The van der Waals surface area contributed by atoms with E-state index in [2.05, 4.69) is 39.1 Å². The Bertz CT molecular complexity index is 437. The van der Waals surface area contributed by atoms with Gasteiger partial charge in [-0.05, 0) is 48.9 Å². The van der Waals surface area contributed by atoms with E-state index in [1.165, 1.54) is 28.7 Å². The summed E-state index contributed by atoms with van der Waals surface area (Å²) in [6, 6.07) is 2.20. The summed E-state index contributed by atoms with van der Waals surface area (Å²) in [5, 5.41) is 3.56. The molecular formula is C16H25NO. The topological polar surface area (TPSA) is 21.3 Å². The van der Waals surface area contributed by atoms with Crippen LogP contribution in [0.25, 0.3) is 0 Å². The second-order valence-corrected chi connectivity index (χ2v) is 5.87. The van der Waals surface area contributed by atoms with Gasteiger partial charge in [-0.15, -0.1) is 0 Å². The van der Waals surface area contributed by atoms with Crippen LogP contribution in [0.15, 0.2) is 6.07 Å². The minimum Gasteiger partial charge on any atom is -0.496 e. The number of hydrogen-bond acceptors (Lipinski definition) is 2. The van der Waals surface area contributed by atoms with Crippen LogP contribution in [0.4, 0.5) is 0 Å². The van der Waals surface area contributed by atoms with Crippen molar-refractivity contribution < 1.29 is 4.74 Å². The van der Waals surface area contributed by atoms with Gasteiger partial charge in [-0.2, -0.15) is 0 Å². The molecule has 0 aliphatic carbocycles. The second kappa shape index (κ2) is 5.31. The third-order valence-electron chi connectivity index (χ3n) is 4.06. The molecule has 2 nitrogen and oxygen atoms in total. The van der Waals surface area contributed by atoms with E-state index in [1.807, 2.05) is 0 Å². The molecule has 18 heavy (non-hydrogen) atoms. The highest BCUT2D eigenvalue weighted by Gasteiger charge is 2.26. The summed E-state index contributed by atoms with van der Waals surface area (Å²) in [6.45, 7) is 11.0. The molecule has 0 radical (unpaired) electrons. The lowest BCUT2D eigenvalue weighted by atomic mass is 9.81. The van der Waals surface area contributed by atoms with E-state index in [4.69, 9.17) is 4.74 Å². The van der Waals surface area contributed by atoms with Crippen molar-refractivity contribution >= 4 is 0 Å². The molecule has 1 aliphatic rings. The Labute approximate surface area is 111 Å². The number of aryl methyl sites for hydroxylation is 1. The average Bonchev–Trinajstić information content (AvgIpc) is 2.33. The van der Waals surface area contributed by atoms with Gasteiger partial charge in [0.15, 0.2) is 0 Å². The maximum Gasteiger partial charge on any atom is 0.122 e. The predicted octanol–water partition coefficient (Wildman–Crippen LogP) is 3.54. The van der Waals surface area contributed by atoms with Crippen molar-refractivity contribution in [3.63, 3.8) is 0 Å². The van der Waals surface area contributed by atoms with Crippen LogP contribution in [0.5, 0.6) is 5.75 Å². The van der Waals surface area contributed by atoms with Crippen molar-refractivity contribution in [3.05, 3.63) is 28.3 Å². The molecule has 1 aromatic rings. The molecule has 0 aromatic heterocycles. The molecule has 0 amide bonds. The molecule has 0 fully saturated rings. The molecule has 0 bridgehead atoms. The summed E-state index contributed by atoms with van der Waals surface area (Å²) in [5.41, 5.74) is 5.67. The van der Waals surface area contributed by atoms with Crippen molar-refractivity contribution in [2.75, 3.05) is 13.7 Å². The molecule has 1 aromatic carbocycles. The normalized spacial score (nSPS) is 18.9. The number of methoxy groups -OCH3 is 1. The van der Waals surface area contributed by atoms with Crippen LogP contribution in [0.2, 0.25) is 0 Å². The quantitative estimate of drug-likeness (QED) is 0.882. The molecular weight excluding hydrogens is 222 g/mol. The van der Waals surface area contributed by atoms with Crippen molar-refractivity contribution in [2.24, 2.45) is 5.92 Å². The first-order valence-corrected chi connectivity index (χ1v) is 6.92. The van der Waals surface area contributed by atoms with Crippen LogP contribution in [-0.4, -0.2) is 13.7 Å². The Kier molecular flexibility index (Phi) is 3.96. The maximum atomic E-state index is 5.63. The smallest absolute Gasteiger partial charge is 0.122 e. The van der Waals surface area contributed by atoms with Crippen LogP contribution >= 0.6 is 0 Å². The van der Waals surface area contributed by atoms with Gasteiger partial charge in [0.1, 0.15) is 5.75 Å². The first-order chi connectivity index (χ1) is 8.54. The summed E-state index contributed by atoms with van der Waals surface area (Å²) in [6.07, 6.45) is 1.22. The maximum absolute atomic E-state index is 5.63. The van der Waals surface area contributed by atoms with E-state index in [0.29, 0.717) is 11.8 Å². The van der Waals surface area contributed by atoms with Crippen LogP contribution in [0, 0.1) is 19.8 Å². The van der Waals surface area contributed by atoms with Crippen LogP contribution in [-0.2, 0) is 6.54 Å². The molecule has 1 aliphatic heterocycles. The summed E-state index contributed by atoms with van der Waals surface area (Å²) in [5.74, 6) is 2.39. The van der Waals surface area contributed by atoms with Gasteiger partial charge in [0, 0.05) is 24.6 Å². The number of ether oxygens (including phenoxy) is 1. The van der Waals surface area contributed by atoms with E-state index in [0.717, 1.165) is 18.8 Å². The van der Waals surface area contributed by atoms with Crippen molar-refractivity contribution in [1.82, 2.24) is 5.32 Å². The Morgan fingerprint density at radius 3 is 2.72 bits per heavy atom. The van der Waals surface area contributed by atoms with Crippen molar-refractivity contribution in [3.8, 4) is 5.75 Å². The fourth-order valence-corrected chi connectivity index (χ4v) is 3.06. The largest absolute Gasteiger partial charge is 0.496 e. The first kappa shape index (κ1) is 13.4. The van der Waals surface area contributed by atoms with Crippen molar-refractivity contribution in [2.45, 2.75) is 46.6 Å². The van der Waals surface area contributed by atoms with Gasteiger partial charge >= 0.3 is 0 Å². The predicted molar refractivity (Wildman–Crippen MR) is 76.4 cm³/mol. The Morgan fingerprint density at radius 2 is 2.11 bits per heavy atom. The van der Waals surface area contributed by atoms with Crippen LogP contribution < -0.4 is 10.1 Å². The van der Waals surface area contributed by atoms with Gasteiger partial charge in [0.05, 0.1) is 7.11 Å². The summed E-state index contributed by atoms with van der Waals surface area (Å²) in [4.78, 5) is 0. The van der Waals surface area contributed by atoms with E-state index in [9.17, 15) is 0 Å². The van der Waals surface area contributed by atoms with Crippen LogP contribution in [0.3, 0.4) is 0 Å². The van der Waals surface area contributed by atoms with Gasteiger partial charge in [-0.1, -0.05) is 13.8 Å². The lowest BCUT2D eigenvalue weighted by molar-refractivity contribution is 0.383. The van der Waals surface area contributed by atoms with Gasteiger partial charge in [0.2, 0.25) is 0 Å². The summed E-state index contributed by atoms with van der Waals surface area (Å²) >= 11 is 0. The third kappa shape index (κ3) is 2.39. The molecule has 1 N–H and O–H groups in total. The second-order valence-electron chi connectivity index (χ2n) is 5.87. The molecule has 2 heteroatoms. The lowest BCUT2D eigenvalue weighted by Crippen LogP contribution is -2.30. The van der Waals surface area contributed by atoms with E-state index in [1.54, 1.807) is 7.11 Å². The fraction of sp³-hybridized carbons (Fsp3) is 0.625. The van der Waals surface area contributed by atoms with Gasteiger partial charge < -0.3 is 10.1 Å². The van der Waals surface area contributed by atoms with Crippen LogP contribution in [0.1, 0.15) is 48.4 Å². The van der Waals surface area contributed by atoms with E-state index < -0.39 is 0 Å². The first-order valence-electron chi connectivity index (χ1n) is 6.92. The zero-order valence-electron chi connectivity index (χ0n) is 12.3. The number of hydrogen-bond donors (Lipinski definition) is 1. The Balaban J connectivity index is 2.50. The Hall–Kier alpha value is -1.02. The van der Waals surface area contributed by atoms with E-state index in [-0.39, 0.29) is 0 Å². The molecule has 100 valence electrons. The van der Waals surface area contributed by atoms with Gasteiger partial charge in [0.25, 0.3) is 0 Å². The monoisotopic (exact) mass is 247 g/mol. The zero-order valence-corrected chi connectivity index (χ0v) is 12.3. The number of nitrogens with one attached hydrogen (secondary N) is 1. The zero-order chi connectivity index (χ0) is 13.3. The molecule has 1 heterocycles. The molecule has 0 saturated heterocycles. The molecule has 0 saturated carbocycles. The fourth-order valence-electron chi connectivity index (χ4n) is 3.06. The average molecular weight is 247 g/mol. The highest BCUT2D eigenvalue weighted by Crippen LogP contribution is 2.39. The minimum atomic E-state index is 0.586. The highest BCUT2D eigenvalue weighted by atomic mass is 16.5. The van der Waals surface area contributed by atoms with Gasteiger partial charge in [-0.25, -0.2) is 0 Å². The van der Waals surface area contributed by atoms with E-state index >= 15 is 0 Å². The molecule has 1 atom stereocenters. The lowest BCUT2D eigenvalue weighted by Gasteiger charge is -2.31. The highest BCUT2D eigenvalue weighted by molar-refractivity contribution is 5.51. The Morgan fingerprint density at radius 1 is 1.39 bits per heavy atom. The van der Waals surface area contributed by atoms with Crippen molar-refractivity contribution in [1.29, 1.82) is 0 Å². The summed E-state index contributed by atoms with van der Waals surface area (Å²) < 4.78 is 5.63. The summed E-state index contributed by atoms with van der Waals surface area (Å²) in [7, 11) is 1.79. The molecule has 2 rings (SSSR count). The molecule has 0 spiro atoms. The molecule has 1 unspecified atom stereocenters. The minimum absolute atomic E-state index is 0.586. The third-order valence-corrected chi connectivity index (χ3v) is 4.06. The SMILES string of the molecule is COc1cc(C)c(C)c2c1C(CC(C)C)CNC2. The number of fused-ring (bicyclic) bond motifs is 1.